The highest BCUT2D eigenvalue weighted by Gasteiger charge is 2.22. The Morgan fingerprint density at radius 1 is 1.35 bits per heavy atom. The Kier molecular flexibility index (Phi) is 3.63. The van der Waals surface area contributed by atoms with E-state index in [1.54, 1.807) is 0 Å². The van der Waals surface area contributed by atoms with Crippen molar-refractivity contribution in [2.75, 3.05) is 13.6 Å². The molecular formula is C15H22N4O. The highest BCUT2D eigenvalue weighted by Crippen LogP contribution is 2.16. The normalized spacial score (nSPS) is 24.3. The molecule has 1 aromatic carbocycles. The lowest BCUT2D eigenvalue weighted by Crippen LogP contribution is -2.45. The zero-order valence-corrected chi connectivity index (χ0v) is 12.1. The maximum atomic E-state index is 11.2. The van der Waals surface area contributed by atoms with Crippen molar-refractivity contribution >= 4 is 11.0 Å². The number of aromatic nitrogens is 2. The summed E-state index contributed by atoms with van der Waals surface area (Å²) < 4.78 is 0. The van der Waals surface area contributed by atoms with Gasteiger partial charge in [-0.05, 0) is 51.1 Å². The molecule has 1 saturated heterocycles. The molecule has 0 spiro atoms. The van der Waals surface area contributed by atoms with E-state index >= 15 is 0 Å². The van der Waals surface area contributed by atoms with Crippen molar-refractivity contribution in [2.45, 2.75) is 38.4 Å². The molecule has 20 heavy (non-hydrogen) atoms. The standard InChI is InChI=1S/C15H22N4O/c1-10-7-12(5-6-19(10)2)16-9-11-3-4-13-14(8-11)18-15(20)17-13/h3-4,8,10,12,16H,5-7,9H2,1-2H3,(H2,17,18,20)/t10-,12-/m0/s1. The third-order valence-electron chi connectivity index (χ3n) is 4.38. The number of rotatable bonds is 3. The van der Waals surface area contributed by atoms with Gasteiger partial charge >= 0.3 is 5.69 Å². The van der Waals surface area contributed by atoms with E-state index < -0.39 is 0 Å². The van der Waals surface area contributed by atoms with Crippen LogP contribution in [0, 0.1) is 0 Å². The zero-order chi connectivity index (χ0) is 14.1. The smallest absolute Gasteiger partial charge is 0.310 e. The maximum Gasteiger partial charge on any atom is 0.323 e. The van der Waals surface area contributed by atoms with Crippen LogP contribution in [0.25, 0.3) is 11.0 Å². The molecule has 5 heteroatoms. The lowest BCUT2D eigenvalue weighted by molar-refractivity contribution is 0.168. The van der Waals surface area contributed by atoms with Crippen LogP contribution in [0.3, 0.4) is 0 Å². The molecule has 5 nitrogen and oxygen atoms in total. The van der Waals surface area contributed by atoms with Gasteiger partial charge in [0.05, 0.1) is 11.0 Å². The number of benzene rings is 1. The minimum absolute atomic E-state index is 0.144. The molecule has 0 bridgehead atoms. The Balaban J connectivity index is 1.63. The van der Waals surface area contributed by atoms with E-state index in [2.05, 4.69) is 40.2 Å². The number of fused-ring (bicyclic) bond motifs is 1. The fourth-order valence-electron chi connectivity index (χ4n) is 2.93. The molecule has 2 aromatic rings. The molecule has 0 aliphatic carbocycles. The van der Waals surface area contributed by atoms with E-state index in [1.807, 2.05) is 12.1 Å². The Morgan fingerprint density at radius 3 is 2.95 bits per heavy atom. The van der Waals surface area contributed by atoms with Gasteiger partial charge < -0.3 is 20.2 Å². The first-order chi connectivity index (χ1) is 9.61. The molecule has 1 aromatic heterocycles. The van der Waals surface area contributed by atoms with Crippen LogP contribution in [0.2, 0.25) is 0 Å². The van der Waals surface area contributed by atoms with Crippen molar-refractivity contribution in [3.8, 4) is 0 Å². The predicted octanol–water partition coefficient (Wildman–Crippen LogP) is 1.43. The molecular weight excluding hydrogens is 252 g/mol. The number of imidazole rings is 1. The first-order valence-electron chi connectivity index (χ1n) is 7.26. The molecule has 3 N–H and O–H groups in total. The monoisotopic (exact) mass is 274 g/mol. The predicted molar refractivity (Wildman–Crippen MR) is 80.9 cm³/mol. The largest absolute Gasteiger partial charge is 0.323 e. The Labute approximate surface area is 118 Å². The van der Waals surface area contributed by atoms with Gasteiger partial charge in [0.2, 0.25) is 0 Å². The average molecular weight is 274 g/mol. The van der Waals surface area contributed by atoms with E-state index in [1.165, 1.54) is 18.4 Å². The topological polar surface area (TPSA) is 63.9 Å². The highest BCUT2D eigenvalue weighted by molar-refractivity contribution is 5.74. The van der Waals surface area contributed by atoms with E-state index in [0.29, 0.717) is 12.1 Å². The van der Waals surface area contributed by atoms with Gasteiger partial charge in [0.1, 0.15) is 0 Å². The van der Waals surface area contributed by atoms with Gasteiger partial charge in [0.25, 0.3) is 0 Å². The van der Waals surface area contributed by atoms with Crippen LogP contribution >= 0.6 is 0 Å². The molecule has 2 heterocycles. The van der Waals surface area contributed by atoms with Gasteiger partial charge in [0, 0.05) is 18.6 Å². The van der Waals surface area contributed by atoms with Crippen LogP contribution in [0.15, 0.2) is 23.0 Å². The van der Waals surface area contributed by atoms with Crippen LogP contribution in [0.1, 0.15) is 25.3 Å². The molecule has 0 amide bonds. The third kappa shape index (κ3) is 2.78. The first kappa shape index (κ1) is 13.4. The van der Waals surface area contributed by atoms with Crippen LogP contribution < -0.4 is 11.0 Å². The summed E-state index contributed by atoms with van der Waals surface area (Å²) in [4.78, 5) is 19.2. The lowest BCUT2D eigenvalue weighted by atomic mass is 9.98. The minimum Gasteiger partial charge on any atom is -0.310 e. The number of piperidine rings is 1. The summed E-state index contributed by atoms with van der Waals surface area (Å²) in [5.74, 6) is 0. The fraction of sp³-hybridized carbons (Fsp3) is 0.533. The summed E-state index contributed by atoms with van der Waals surface area (Å²) in [6.45, 7) is 4.29. The Bertz CT molecular complexity index is 645. The number of nitrogens with one attached hydrogen (secondary N) is 3. The van der Waals surface area contributed by atoms with Crippen LogP contribution in [0.5, 0.6) is 0 Å². The number of H-pyrrole nitrogens is 2. The minimum atomic E-state index is -0.144. The Morgan fingerprint density at radius 2 is 2.15 bits per heavy atom. The van der Waals surface area contributed by atoms with Crippen molar-refractivity contribution in [2.24, 2.45) is 0 Å². The average Bonchev–Trinajstić information content (AvgIpc) is 2.79. The van der Waals surface area contributed by atoms with Gasteiger partial charge in [-0.15, -0.1) is 0 Å². The molecule has 108 valence electrons. The van der Waals surface area contributed by atoms with Crippen LogP contribution in [-0.4, -0.2) is 40.5 Å². The van der Waals surface area contributed by atoms with Crippen molar-refractivity contribution in [3.05, 3.63) is 34.2 Å². The SMILES string of the molecule is C[C@H]1C[C@@H](NCc2ccc3[nH]c(=O)[nH]c3c2)CCN1C. The zero-order valence-electron chi connectivity index (χ0n) is 12.1. The van der Waals surface area contributed by atoms with Gasteiger partial charge in [-0.2, -0.15) is 0 Å². The number of likely N-dealkylation sites (tertiary alicyclic amines) is 1. The molecule has 0 unspecified atom stereocenters. The second-order valence-corrected chi connectivity index (χ2v) is 5.89. The van der Waals surface area contributed by atoms with Gasteiger partial charge in [-0.1, -0.05) is 6.07 Å². The van der Waals surface area contributed by atoms with Crippen molar-refractivity contribution in [1.29, 1.82) is 0 Å². The lowest BCUT2D eigenvalue weighted by Gasteiger charge is -2.35. The highest BCUT2D eigenvalue weighted by atomic mass is 16.1. The second-order valence-electron chi connectivity index (χ2n) is 5.89. The van der Waals surface area contributed by atoms with E-state index in [4.69, 9.17) is 0 Å². The quantitative estimate of drug-likeness (QED) is 0.793. The van der Waals surface area contributed by atoms with Gasteiger partial charge in [-0.3, -0.25) is 0 Å². The summed E-state index contributed by atoms with van der Waals surface area (Å²) in [5.41, 5.74) is 2.81. The second kappa shape index (κ2) is 5.42. The van der Waals surface area contributed by atoms with Crippen molar-refractivity contribution < 1.29 is 0 Å². The van der Waals surface area contributed by atoms with Crippen molar-refractivity contribution in [1.82, 2.24) is 20.2 Å². The number of nitrogens with zero attached hydrogens (tertiary/aromatic N) is 1. The van der Waals surface area contributed by atoms with E-state index in [0.717, 1.165) is 24.1 Å². The molecule has 1 aliphatic rings. The summed E-state index contributed by atoms with van der Waals surface area (Å²) in [6, 6.07) is 7.30. The Hall–Kier alpha value is -1.59. The maximum absolute atomic E-state index is 11.2. The fourth-order valence-corrected chi connectivity index (χ4v) is 2.93. The van der Waals surface area contributed by atoms with Gasteiger partial charge in [-0.25, -0.2) is 4.79 Å². The molecule has 1 fully saturated rings. The summed E-state index contributed by atoms with van der Waals surface area (Å²) in [5, 5.41) is 3.63. The molecule has 1 aliphatic heterocycles. The summed E-state index contributed by atoms with van der Waals surface area (Å²) in [6.07, 6.45) is 2.39. The number of hydrogen-bond donors (Lipinski definition) is 3. The van der Waals surface area contributed by atoms with E-state index in [9.17, 15) is 4.79 Å². The summed E-state index contributed by atoms with van der Waals surface area (Å²) in [7, 11) is 2.19. The number of hydrogen-bond acceptors (Lipinski definition) is 3. The molecule has 0 radical (unpaired) electrons. The van der Waals surface area contributed by atoms with E-state index in [-0.39, 0.29) is 5.69 Å². The third-order valence-corrected chi connectivity index (χ3v) is 4.38. The first-order valence-corrected chi connectivity index (χ1v) is 7.26. The van der Waals surface area contributed by atoms with Crippen LogP contribution in [-0.2, 0) is 6.54 Å². The molecule has 3 rings (SSSR count). The van der Waals surface area contributed by atoms with Crippen molar-refractivity contribution in [3.63, 3.8) is 0 Å². The summed E-state index contributed by atoms with van der Waals surface area (Å²) >= 11 is 0. The molecule has 0 saturated carbocycles. The number of aromatic amines is 2. The van der Waals surface area contributed by atoms with Crippen LogP contribution in [0.4, 0.5) is 0 Å². The van der Waals surface area contributed by atoms with Gasteiger partial charge in [0.15, 0.2) is 0 Å². The molecule has 2 atom stereocenters.